The van der Waals surface area contributed by atoms with E-state index in [4.69, 9.17) is 36.1 Å². The molecule has 2 heterocycles. The Kier molecular flexibility index (Phi) is 13.5. The lowest BCUT2D eigenvalue weighted by Crippen LogP contribution is -2.69. The van der Waals surface area contributed by atoms with Crippen LogP contribution in [0.3, 0.4) is 0 Å². The van der Waals surface area contributed by atoms with E-state index in [2.05, 4.69) is 16.0 Å². The molecule has 13 atom stereocenters. The van der Waals surface area contributed by atoms with Crippen LogP contribution in [0.25, 0.3) is 0 Å². The van der Waals surface area contributed by atoms with Crippen LogP contribution in [-0.4, -0.2) is 155 Å². The molecule has 2 aliphatic heterocycles. The number of hydrogen-bond donors (Lipinski definition) is 12. The van der Waals surface area contributed by atoms with Gasteiger partial charge >= 0.3 is 0 Å². The molecule has 17 nitrogen and oxygen atoms in total. The molecule has 3 rings (SSSR count). The van der Waals surface area contributed by atoms with Gasteiger partial charge in [-0.25, -0.2) is 0 Å². The first-order chi connectivity index (χ1) is 20.4. The average Bonchev–Trinajstić information content (AvgIpc) is 2.97. The molecule has 1 amide bonds. The van der Waals surface area contributed by atoms with Gasteiger partial charge in [0, 0.05) is 12.6 Å². The fraction of sp³-hybridized carbons (Fsp3) is 0.885. The second-order valence-electron chi connectivity index (χ2n) is 11.5. The van der Waals surface area contributed by atoms with E-state index in [1.165, 1.54) is 6.92 Å². The molecular weight excluding hydrogens is 572 g/mol. The number of amides is 1. The standard InChI is InChI=1S/C26H50N6O11/c1-26(39)11-40-25(19(37)22(26)30-2)43-21-16(32-23(38)17(35)5-6-27)7-14(29)20(18(21)36)42-24-15(31-9-12(34)10-33)4-3-13(8-28)41-24/h3,12,14-22,24-25,30-31,33-37,39H,4-11,27-29H2,1-2H3,(H,32,38)/t12?,14-,15+,16+,17-,18-,19+,20+,21-,22+,24+,25+,26-/m0/s1. The van der Waals surface area contributed by atoms with Crippen LogP contribution in [0.2, 0.25) is 0 Å². The van der Waals surface area contributed by atoms with Crippen molar-refractivity contribution >= 4 is 5.91 Å². The van der Waals surface area contributed by atoms with Gasteiger partial charge in [-0.05, 0) is 45.9 Å². The predicted octanol–water partition coefficient (Wildman–Crippen LogP) is -6.00. The highest BCUT2D eigenvalue weighted by Gasteiger charge is 2.52. The Morgan fingerprint density at radius 2 is 1.86 bits per heavy atom. The van der Waals surface area contributed by atoms with Gasteiger partial charge in [-0.3, -0.25) is 4.79 Å². The van der Waals surface area contributed by atoms with Crippen LogP contribution in [0.15, 0.2) is 11.8 Å². The molecule has 43 heavy (non-hydrogen) atoms. The van der Waals surface area contributed by atoms with Crippen molar-refractivity contribution in [2.45, 2.75) is 105 Å². The van der Waals surface area contributed by atoms with Gasteiger partial charge in [0.15, 0.2) is 6.29 Å². The maximum absolute atomic E-state index is 12.7. The summed E-state index contributed by atoms with van der Waals surface area (Å²) in [4.78, 5) is 12.7. The lowest BCUT2D eigenvalue weighted by Gasteiger charge is -2.49. The van der Waals surface area contributed by atoms with Crippen LogP contribution < -0.4 is 33.2 Å². The number of aliphatic hydroxyl groups is 6. The Labute approximate surface area is 250 Å². The molecule has 0 aromatic carbocycles. The average molecular weight is 623 g/mol. The molecule has 1 saturated heterocycles. The van der Waals surface area contributed by atoms with Gasteiger partial charge in [0.1, 0.15) is 41.9 Å². The molecule has 0 aromatic heterocycles. The van der Waals surface area contributed by atoms with Gasteiger partial charge in [-0.2, -0.15) is 0 Å². The highest BCUT2D eigenvalue weighted by atomic mass is 16.7. The predicted molar refractivity (Wildman–Crippen MR) is 151 cm³/mol. The van der Waals surface area contributed by atoms with Gasteiger partial charge in [0.25, 0.3) is 0 Å². The summed E-state index contributed by atoms with van der Waals surface area (Å²) in [7, 11) is 1.56. The Balaban J connectivity index is 1.84. The lowest BCUT2D eigenvalue weighted by molar-refractivity contribution is -0.304. The van der Waals surface area contributed by atoms with Crippen LogP contribution in [0.5, 0.6) is 0 Å². The first kappa shape index (κ1) is 35.9. The number of aliphatic hydroxyl groups excluding tert-OH is 5. The zero-order valence-corrected chi connectivity index (χ0v) is 24.6. The summed E-state index contributed by atoms with van der Waals surface area (Å²) >= 11 is 0. The fourth-order valence-corrected chi connectivity index (χ4v) is 5.62. The summed E-state index contributed by atoms with van der Waals surface area (Å²) in [6.45, 7) is 1.03. The van der Waals surface area contributed by atoms with Gasteiger partial charge < -0.3 is 82.7 Å². The molecule has 17 heteroatoms. The van der Waals surface area contributed by atoms with Crippen molar-refractivity contribution in [2.75, 3.05) is 39.9 Å². The third-order valence-electron chi connectivity index (χ3n) is 8.04. The number of ether oxygens (including phenoxy) is 4. The molecule has 1 aliphatic carbocycles. The normalized spacial score (nSPS) is 39.8. The van der Waals surface area contributed by atoms with Crippen molar-refractivity contribution in [1.82, 2.24) is 16.0 Å². The van der Waals surface area contributed by atoms with Crippen molar-refractivity contribution in [3.05, 3.63) is 11.8 Å². The van der Waals surface area contributed by atoms with E-state index < -0.39 is 91.5 Å². The monoisotopic (exact) mass is 622 g/mol. The van der Waals surface area contributed by atoms with Gasteiger partial charge in [-0.1, -0.05) is 0 Å². The summed E-state index contributed by atoms with van der Waals surface area (Å²) in [5.74, 6) is -0.302. The van der Waals surface area contributed by atoms with E-state index in [0.717, 1.165) is 0 Å². The Bertz CT molecular complexity index is 917. The van der Waals surface area contributed by atoms with E-state index in [0.29, 0.717) is 12.2 Å². The molecule has 2 fully saturated rings. The minimum atomic E-state index is -1.51. The molecule has 1 saturated carbocycles. The zero-order valence-electron chi connectivity index (χ0n) is 24.6. The van der Waals surface area contributed by atoms with E-state index >= 15 is 0 Å². The van der Waals surface area contributed by atoms with E-state index in [1.807, 2.05) is 0 Å². The highest BCUT2D eigenvalue weighted by Crippen LogP contribution is 2.32. The summed E-state index contributed by atoms with van der Waals surface area (Å²) in [5, 5.41) is 71.0. The summed E-state index contributed by atoms with van der Waals surface area (Å²) in [6, 6.07) is -3.18. The maximum Gasteiger partial charge on any atom is 0.249 e. The Morgan fingerprint density at radius 3 is 2.49 bits per heavy atom. The molecule has 0 spiro atoms. The SMILES string of the molecule is CN[C@@H]1[C@@H](O)[C@@H](O[C@@H]2[C@@H](O)[C@H](O[C@H]3OC(CN)=CC[C@H]3NCC(O)CO)[C@@H](N)C[C@H]2NC(=O)[C@@H](O)CCN)OC[C@]1(C)O. The lowest BCUT2D eigenvalue weighted by atomic mass is 9.83. The zero-order chi connectivity index (χ0) is 31.9. The van der Waals surface area contributed by atoms with Crippen LogP contribution in [-0.2, 0) is 23.7 Å². The van der Waals surface area contributed by atoms with E-state index in [-0.39, 0.29) is 39.1 Å². The number of rotatable bonds is 14. The first-order valence-corrected chi connectivity index (χ1v) is 14.6. The van der Waals surface area contributed by atoms with Crippen molar-refractivity contribution in [2.24, 2.45) is 17.2 Å². The second-order valence-corrected chi connectivity index (χ2v) is 11.5. The van der Waals surface area contributed by atoms with Crippen LogP contribution in [0, 0.1) is 0 Å². The number of carbonyl (C=O) groups excluding carboxylic acids is 1. The molecule has 250 valence electrons. The number of carbonyl (C=O) groups is 1. The number of likely N-dealkylation sites (N-methyl/N-ethyl adjacent to an activating group) is 1. The van der Waals surface area contributed by atoms with Gasteiger partial charge in [0.05, 0.1) is 44.0 Å². The quantitative estimate of drug-likeness (QED) is 0.0858. The Morgan fingerprint density at radius 1 is 1.16 bits per heavy atom. The highest BCUT2D eigenvalue weighted by molar-refractivity contribution is 5.80. The van der Waals surface area contributed by atoms with Crippen LogP contribution in [0.4, 0.5) is 0 Å². The summed E-state index contributed by atoms with van der Waals surface area (Å²) in [6.07, 6.45) is -7.84. The topological polar surface area (TPSA) is 290 Å². The van der Waals surface area contributed by atoms with Crippen molar-refractivity contribution < 1.29 is 54.4 Å². The smallest absolute Gasteiger partial charge is 0.249 e. The Hall–Kier alpha value is -1.55. The number of nitrogens with one attached hydrogen (secondary N) is 3. The second kappa shape index (κ2) is 16.1. The number of hydrogen-bond acceptors (Lipinski definition) is 16. The molecule has 1 unspecified atom stereocenters. The third-order valence-corrected chi connectivity index (χ3v) is 8.04. The van der Waals surface area contributed by atoms with E-state index in [9.17, 15) is 35.4 Å². The molecule has 0 bridgehead atoms. The fourth-order valence-electron chi connectivity index (χ4n) is 5.62. The van der Waals surface area contributed by atoms with Gasteiger partial charge in [-0.15, -0.1) is 0 Å². The molecule has 15 N–H and O–H groups in total. The van der Waals surface area contributed by atoms with Crippen molar-refractivity contribution in [3.63, 3.8) is 0 Å². The van der Waals surface area contributed by atoms with Gasteiger partial charge in [0.2, 0.25) is 12.2 Å². The summed E-state index contributed by atoms with van der Waals surface area (Å²) in [5.41, 5.74) is 16.3. The van der Waals surface area contributed by atoms with Crippen LogP contribution in [0.1, 0.15) is 26.2 Å². The number of nitrogens with two attached hydrogens (primary N) is 3. The minimum Gasteiger partial charge on any atom is -0.467 e. The minimum absolute atomic E-state index is 0.00316. The molecule has 3 aliphatic rings. The maximum atomic E-state index is 12.7. The molecular formula is C26H50N6O11. The summed E-state index contributed by atoms with van der Waals surface area (Å²) < 4.78 is 23.8. The first-order valence-electron chi connectivity index (χ1n) is 14.6. The molecule has 0 radical (unpaired) electrons. The third kappa shape index (κ3) is 9.01. The van der Waals surface area contributed by atoms with Crippen molar-refractivity contribution in [3.8, 4) is 0 Å². The van der Waals surface area contributed by atoms with Crippen molar-refractivity contribution in [1.29, 1.82) is 0 Å². The van der Waals surface area contributed by atoms with Crippen LogP contribution >= 0.6 is 0 Å². The molecule has 0 aromatic rings. The van der Waals surface area contributed by atoms with E-state index in [1.54, 1.807) is 13.1 Å². The largest absolute Gasteiger partial charge is 0.467 e.